The number of halogens is 2. The Morgan fingerprint density at radius 1 is 0.360 bits per heavy atom. The van der Waals surface area contributed by atoms with Crippen molar-refractivity contribution in [1.29, 1.82) is 0 Å². The number of fused-ring (bicyclic) bond motifs is 6. The van der Waals surface area contributed by atoms with Crippen LogP contribution in [-0.2, 0) is 0 Å². The van der Waals surface area contributed by atoms with Gasteiger partial charge < -0.3 is 19.3 Å². The normalized spacial score (nSPS) is 12.9. The molecule has 0 unspecified atom stereocenters. The van der Waals surface area contributed by atoms with Crippen LogP contribution in [0, 0.1) is 27.7 Å². The van der Waals surface area contributed by atoms with Gasteiger partial charge in [-0.3, -0.25) is 0 Å². The molecule has 9 heteroatoms. The second-order valence-corrected chi connectivity index (χ2v) is 27.7. The lowest BCUT2D eigenvalue weighted by atomic mass is 9.35. The summed E-state index contributed by atoms with van der Waals surface area (Å²) in [6.45, 7) is 9.23. The molecule has 0 spiro atoms. The number of aryl methyl sites for hydroxylation is 4. The molecule has 0 radical (unpaired) electrons. The third-order valence-corrected chi connectivity index (χ3v) is 23.7. The van der Waals surface area contributed by atoms with E-state index in [1.807, 2.05) is 36.4 Å². The minimum atomic E-state index is -2.62. The maximum absolute atomic E-state index is 6.34. The zero-order chi connectivity index (χ0) is 57.8. The van der Waals surface area contributed by atoms with Gasteiger partial charge in [0.15, 0.2) is 31.1 Å². The van der Waals surface area contributed by atoms with Crippen molar-refractivity contribution in [1.82, 2.24) is 0 Å². The van der Waals surface area contributed by atoms with Gasteiger partial charge in [-0.05, 0) is 133 Å². The minimum Gasteiger partial charge on any atom is -0.453 e. The summed E-state index contributed by atoms with van der Waals surface area (Å²) in [5.41, 5.74) is 19.5. The van der Waals surface area contributed by atoms with E-state index >= 15 is 0 Å². The van der Waals surface area contributed by atoms with Gasteiger partial charge in [0.1, 0.15) is 0 Å². The highest BCUT2D eigenvalue weighted by Crippen LogP contribution is 2.52. The fourth-order valence-corrected chi connectivity index (χ4v) is 20.2. The fraction of sp³-hybridized carbons (Fsp3) is 0.0649. The highest BCUT2D eigenvalue weighted by Gasteiger charge is 2.50. The summed E-state index contributed by atoms with van der Waals surface area (Å²) < 4.78 is 14.8. The van der Waals surface area contributed by atoms with Gasteiger partial charge in [-0.15, -0.1) is 0 Å². The molecule has 3 aliphatic heterocycles. The van der Waals surface area contributed by atoms with Crippen LogP contribution >= 0.6 is 31.9 Å². The molecule has 12 aromatic rings. The van der Waals surface area contributed by atoms with Crippen molar-refractivity contribution in [2.24, 2.45) is 0 Å². The zero-order valence-corrected chi connectivity index (χ0v) is 51.9. The molecule has 0 saturated carbocycles. The Morgan fingerprint density at radius 3 is 1.06 bits per heavy atom. The topological polar surface area (TPSA) is 24.9 Å². The molecule has 12 aromatic carbocycles. The molecule has 0 amide bonds. The second-order valence-electron chi connectivity index (χ2n) is 22.3. The lowest BCUT2D eigenvalue weighted by Gasteiger charge is -2.43. The number of ether oxygens (including phenoxy) is 2. The minimum absolute atomic E-state index is 0. The smallest absolute Gasteiger partial charge is 0.244 e. The van der Waals surface area contributed by atoms with Crippen LogP contribution in [-0.4, -0.2) is 21.5 Å². The first-order valence-electron chi connectivity index (χ1n) is 29.0. The van der Waals surface area contributed by atoms with Crippen molar-refractivity contribution in [2.75, 3.05) is 9.80 Å². The van der Waals surface area contributed by atoms with E-state index in [0.29, 0.717) is 0 Å². The molecule has 0 N–H and O–H groups in total. The third-order valence-electron chi connectivity index (χ3n) is 17.3. The van der Waals surface area contributed by atoms with E-state index in [1.54, 1.807) is 0 Å². The van der Waals surface area contributed by atoms with Crippen molar-refractivity contribution in [3.8, 4) is 23.0 Å². The molecule has 3 aliphatic rings. The van der Waals surface area contributed by atoms with Gasteiger partial charge in [-0.1, -0.05) is 288 Å². The summed E-state index contributed by atoms with van der Waals surface area (Å²) in [6.07, 6.45) is 0. The van der Waals surface area contributed by atoms with Crippen molar-refractivity contribution in [3.05, 3.63) is 310 Å². The van der Waals surface area contributed by atoms with E-state index < -0.39 is 8.07 Å². The Hall–Kier alpha value is -8.85. The van der Waals surface area contributed by atoms with Crippen LogP contribution in [0.1, 0.15) is 29.7 Å². The molecular formula is C77H62B2Br2N2O2Si. The average Bonchev–Trinajstić information content (AvgIpc) is 2.64. The predicted octanol–water partition coefficient (Wildman–Crippen LogP) is 14.6. The first kappa shape index (κ1) is 56.3. The standard InChI is InChI=1S/C44H34BNOSi.C32H24BBr2NO.CH4/c1-31-29-33(46-38-23-11-13-25-40(38)47-41-26-14-12-24-39(41)46)30-32(2)44(31)45-36-21-9-15-27-42(36)48(34-17-5-3-6-18-34,35-19-7-4-8-20-35)43-28-16-10-22-37(43)45;1-21-19-23(36-28-15-7-9-17-30(28)37-31-18-10-8-16-29(31)36)20-22(2)32(21)33(24-11-3-5-13-26(24)34)25-12-4-6-14-27(25)35;/h3-30H,1-2H3;3-20H,1-2H3;1H4. The van der Waals surface area contributed by atoms with Gasteiger partial charge in [0.05, 0.1) is 22.7 Å². The van der Waals surface area contributed by atoms with Crippen LogP contribution < -0.4 is 72.8 Å². The molecular weight excluding hydrogens is 1190 g/mol. The highest BCUT2D eigenvalue weighted by atomic mass is 79.9. The Labute approximate surface area is 524 Å². The summed E-state index contributed by atoms with van der Waals surface area (Å²) >= 11 is 7.68. The van der Waals surface area contributed by atoms with Gasteiger partial charge in [0.25, 0.3) is 0 Å². The molecule has 0 saturated heterocycles. The Bertz CT molecular complexity index is 4250. The number of para-hydroxylation sites is 8. The monoisotopic (exact) mass is 1250 g/mol. The van der Waals surface area contributed by atoms with Gasteiger partial charge in [-0.25, -0.2) is 0 Å². The summed E-state index contributed by atoms with van der Waals surface area (Å²) in [7, 11) is -2.62. The summed E-state index contributed by atoms with van der Waals surface area (Å²) in [4.78, 5) is 4.66. The molecule has 0 fully saturated rings. The van der Waals surface area contributed by atoms with Crippen LogP contribution in [0.2, 0.25) is 0 Å². The zero-order valence-electron chi connectivity index (χ0n) is 47.7. The van der Waals surface area contributed by atoms with Crippen LogP contribution in [0.4, 0.5) is 34.1 Å². The largest absolute Gasteiger partial charge is 0.453 e. The summed E-state index contributed by atoms with van der Waals surface area (Å²) in [6, 6.07) is 101. The van der Waals surface area contributed by atoms with Crippen molar-refractivity contribution >= 4 is 141 Å². The molecule has 0 atom stereocenters. The van der Waals surface area contributed by atoms with Gasteiger partial charge in [0, 0.05) is 20.3 Å². The van der Waals surface area contributed by atoms with Gasteiger partial charge in [-0.2, -0.15) is 0 Å². The molecule has 416 valence electrons. The molecule has 3 heterocycles. The number of rotatable bonds is 8. The SMILES string of the molecule is C.Cc1cc(N2c3ccccc3Oc3ccccc32)cc(C)c1B(c1ccccc1Br)c1ccccc1Br.Cc1cc(N2c3ccccc3Oc3ccccc32)cc(C)c1B1c2ccccc2[Si](c2ccccc2)(c2ccccc2)c2ccccc21. The predicted molar refractivity (Wildman–Crippen MR) is 376 cm³/mol. The molecule has 4 nitrogen and oxygen atoms in total. The first-order chi connectivity index (χ1) is 41.7. The average molecular weight is 1260 g/mol. The highest BCUT2D eigenvalue weighted by molar-refractivity contribution is 9.11. The fourth-order valence-electron chi connectivity index (χ4n) is 13.9. The number of anilines is 6. The lowest BCUT2D eigenvalue weighted by molar-refractivity contribution is 0.476. The summed E-state index contributed by atoms with van der Waals surface area (Å²) in [5, 5.41) is 5.79. The third kappa shape index (κ3) is 9.63. The summed E-state index contributed by atoms with van der Waals surface area (Å²) in [5.74, 6) is 3.46. The Balaban J connectivity index is 0.000000163. The van der Waals surface area contributed by atoms with Crippen molar-refractivity contribution < 1.29 is 9.47 Å². The maximum atomic E-state index is 6.34. The van der Waals surface area contributed by atoms with E-state index in [0.717, 1.165) is 66.1 Å². The van der Waals surface area contributed by atoms with Crippen LogP contribution in [0.25, 0.3) is 0 Å². The molecule has 0 aromatic heterocycles. The van der Waals surface area contributed by atoms with Crippen LogP contribution in [0.5, 0.6) is 23.0 Å². The van der Waals surface area contributed by atoms with Gasteiger partial charge in [0.2, 0.25) is 13.4 Å². The number of hydrogen-bond donors (Lipinski definition) is 0. The van der Waals surface area contributed by atoms with Crippen molar-refractivity contribution in [3.63, 3.8) is 0 Å². The maximum Gasteiger partial charge on any atom is 0.244 e. The van der Waals surface area contributed by atoms with Crippen LogP contribution in [0.15, 0.2) is 288 Å². The van der Waals surface area contributed by atoms with Crippen LogP contribution in [0.3, 0.4) is 0 Å². The molecule has 0 aliphatic carbocycles. The van der Waals surface area contributed by atoms with E-state index in [-0.39, 0.29) is 20.9 Å². The van der Waals surface area contributed by atoms with E-state index in [9.17, 15) is 0 Å². The second kappa shape index (κ2) is 23.5. The first-order valence-corrected chi connectivity index (χ1v) is 32.6. The van der Waals surface area contributed by atoms with E-state index in [4.69, 9.17) is 9.47 Å². The number of hydrogen-bond acceptors (Lipinski definition) is 4. The number of nitrogens with zero attached hydrogens (tertiary/aromatic N) is 2. The molecule has 86 heavy (non-hydrogen) atoms. The Kier molecular flexibility index (Phi) is 15.4. The lowest BCUT2D eigenvalue weighted by Crippen LogP contribution is -2.86. The number of benzene rings is 12. The molecule has 0 bridgehead atoms. The quantitative estimate of drug-likeness (QED) is 0.142. The van der Waals surface area contributed by atoms with E-state index in [2.05, 4.69) is 312 Å². The van der Waals surface area contributed by atoms with Gasteiger partial charge >= 0.3 is 0 Å². The van der Waals surface area contributed by atoms with E-state index in [1.165, 1.54) is 75.8 Å². The van der Waals surface area contributed by atoms with Crippen molar-refractivity contribution in [2.45, 2.75) is 35.1 Å². The molecule has 15 rings (SSSR count). The Morgan fingerprint density at radius 2 is 0.674 bits per heavy atom.